The van der Waals surface area contributed by atoms with Crippen LogP contribution in [0.1, 0.15) is 16.7 Å². The Morgan fingerprint density at radius 3 is 2.23 bits per heavy atom. The van der Waals surface area contributed by atoms with E-state index in [1.165, 1.54) is 42.6 Å². The second-order valence-corrected chi connectivity index (χ2v) is 10.2. The molecule has 3 aromatic carbocycles. The van der Waals surface area contributed by atoms with Gasteiger partial charge in [0.1, 0.15) is 0 Å². The maximum Gasteiger partial charge on any atom is 0.269 e. The molecule has 0 radical (unpaired) electrons. The number of carbonyl (C=O) groups is 1. The number of sulfonamides is 1. The summed E-state index contributed by atoms with van der Waals surface area (Å²) in [5.41, 5.74) is 3.92. The average Bonchev–Trinajstić information content (AvgIpc) is 2.81. The van der Waals surface area contributed by atoms with Gasteiger partial charge in [-0.1, -0.05) is 47.0 Å². The summed E-state index contributed by atoms with van der Waals surface area (Å²) in [7, 11) is -4.10. The Morgan fingerprint density at radius 2 is 1.66 bits per heavy atom. The van der Waals surface area contributed by atoms with Crippen LogP contribution >= 0.6 is 23.2 Å². The van der Waals surface area contributed by atoms with E-state index in [1.54, 1.807) is 30.3 Å². The number of hydrogen-bond donors (Lipinski definition) is 1. The highest BCUT2D eigenvalue weighted by Crippen LogP contribution is 2.28. The zero-order chi connectivity index (χ0) is 25.6. The highest BCUT2D eigenvalue weighted by atomic mass is 35.5. The Balaban J connectivity index is 1.81. The molecule has 12 heteroatoms. The second-order valence-electron chi connectivity index (χ2n) is 7.43. The molecular weight excluding hydrogens is 515 g/mol. The summed E-state index contributed by atoms with van der Waals surface area (Å²) in [5, 5.41) is 15.1. The van der Waals surface area contributed by atoms with Crippen LogP contribution in [0.3, 0.4) is 0 Å². The van der Waals surface area contributed by atoms with Gasteiger partial charge < -0.3 is 0 Å². The number of amides is 1. The fourth-order valence-corrected chi connectivity index (χ4v) is 4.88. The highest BCUT2D eigenvalue weighted by Gasteiger charge is 2.28. The van der Waals surface area contributed by atoms with E-state index in [0.717, 1.165) is 9.87 Å². The van der Waals surface area contributed by atoms with E-state index in [-0.39, 0.29) is 27.2 Å². The molecule has 3 rings (SSSR count). The number of nitro groups is 1. The number of carbonyl (C=O) groups excluding carboxylic acids is 1. The van der Waals surface area contributed by atoms with Crippen molar-refractivity contribution in [3.63, 3.8) is 0 Å². The quantitative estimate of drug-likeness (QED) is 0.245. The van der Waals surface area contributed by atoms with Crippen molar-refractivity contribution in [2.75, 3.05) is 6.54 Å². The molecule has 1 N–H and O–H groups in total. The Hall–Kier alpha value is -3.31. The zero-order valence-corrected chi connectivity index (χ0v) is 20.7. The Bertz CT molecular complexity index is 1340. The third kappa shape index (κ3) is 6.86. The molecule has 0 unspecified atom stereocenters. The predicted molar refractivity (Wildman–Crippen MR) is 134 cm³/mol. The van der Waals surface area contributed by atoms with Crippen molar-refractivity contribution in [1.82, 2.24) is 9.73 Å². The van der Waals surface area contributed by atoms with Crippen LogP contribution in [0.25, 0.3) is 0 Å². The van der Waals surface area contributed by atoms with E-state index in [2.05, 4.69) is 10.5 Å². The van der Waals surface area contributed by atoms with E-state index in [9.17, 15) is 23.3 Å². The van der Waals surface area contributed by atoms with E-state index in [4.69, 9.17) is 23.2 Å². The summed E-state index contributed by atoms with van der Waals surface area (Å²) in [5.74, 6) is -0.706. The van der Waals surface area contributed by atoms with Gasteiger partial charge in [0.15, 0.2) is 0 Å². The number of nitrogens with zero attached hydrogens (tertiary/aromatic N) is 3. The topological polar surface area (TPSA) is 122 Å². The molecule has 0 atom stereocenters. The second kappa shape index (κ2) is 11.4. The van der Waals surface area contributed by atoms with Gasteiger partial charge in [0.25, 0.3) is 11.6 Å². The summed E-state index contributed by atoms with van der Waals surface area (Å²) < 4.78 is 27.7. The number of benzene rings is 3. The number of hydrogen-bond acceptors (Lipinski definition) is 6. The summed E-state index contributed by atoms with van der Waals surface area (Å²) in [6.45, 7) is 1.03. The first-order valence-electron chi connectivity index (χ1n) is 10.1. The van der Waals surface area contributed by atoms with Gasteiger partial charge in [-0.3, -0.25) is 14.9 Å². The van der Waals surface area contributed by atoms with Crippen LogP contribution in [0.15, 0.2) is 76.7 Å². The van der Waals surface area contributed by atoms with Crippen LogP contribution in [0.4, 0.5) is 5.69 Å². The molecule has 0 aliphatic carbocycles. The lowest BCUT2D eigenvalue weighted by molar-refractivity contribution is -0.384. The lowest BCUT2D eigenvalue weighted by atomic mass is 10.2. The van der Waals surface area contributed by atoms with Crippen LogP contribution in [0.5, 0.6) is 0 Å². The molecular formula is C23H20Cl2N4O5S. The third-order valence-corrected chi connectivity index (χ3v) is 7.40. The normalized spacial score (nSPS) is 11.7. The molecule has 1 amide bonds. The SMILES string of the molecule is Cc1ccc(S(=O)(=O)N(CC(=O)N/N=C\c2ccc([N+](=O)[O-])cc2)Cc2c(Cl)cccc2Cl)cc1. The monoisotopic (exact) mass is 534 g/mol. The van der Waals surface area contributed by atoms with Crippen molar-refractivity contribution in [2.45, 2.75) is 18.4 Å². The molecule has 3 aromatic rings. The number of nitro benzene ring substituents is 1. The molecule has 0 aromatic heterocycles. The van der Waals surface area contributed by atoms with Gasteiger partial charge >= 0.3 is 0 Å². The zero-order valence-electron chi connectivity index (χ0n) is 18.4. The van der Waals surface area contributed by atoms with Gasteiger partial charge in [-0.05, 0) is 48.9 Å². The lowest BCUT2D eigenvalue weighted by Crippen LogP contribution is -2.39. The van der Waals surface area contributed by atoms with Crippen molar-refractivity contribution in [3.8, 4) is 0 Å². The maximum absolute atomic E-state index is 13.4. The summed E-state index contributed by atoms with van der Waals surface area (Å²) in [6, 6.07) is 16.5. The number of hydrazone groups is 1. The fraction of sp³-hybridized carbons (Fsp3) is 0.130. The van der Waals surface area contributed by atoms with Crippen LogP contribution in [0, 0.1) is 17.0 Å². The number of aryl methyl sites for hydroxylation is 1. The Labute approximate surface area is 212 Å². The average molecular weight is 535 g/mol. The Kier molecular flexibility index (Phi) is 8.57. The summed E-state index contributed by atoms with van der Waals surface area (Å²) in [4.78, 5) is 22.8. The molecule has 0 heterocycles. The van der Waals surface area contributed by atoms with E-state index in [1.807, 2.05) is 6.92 Å². The third-order valence-electron chi connectivity index (χ3n) is 4.88. The molecule has 0 fully saturated rings. The van der Waals surface area contributed by atoms with E-state index >= 15 is 0 Å². The van der Waals surface area contributed by atoms with Crippen LogP contribution in [-0.4, -0.2) is 36.3 Å². The lowest BCUT2D eigenvalue weighted by Gasteiger charge is -2.22. The molecule has 0 saturated carbocycles. The molecule has 0 spiro atoms. The van der Waals surface area contributed by atoms with Gasteiger partial charge in [-0.15, -0.1) is 0 Å². The standard InChI is InChI=1S/C23H20Cl2N4O5S/c1-16-5-11-19(12-6-16)35(33,34)28(14-20-21(24)3-2-4-22(20)25)15-23(30)27-26-13-17-7-9-18(10-8-17)29(31)32/h2-13H,14-15H2,1H3,(H,27,30)/b26-13-. The van der Waals surface area contributed by atoms with Gasteiger partial charge in [0.2, 0.25) is 10.0 Å². The van der Waals surface area contributed by atoms with Crippen LogP contribution in [0.2, 0.25) is 10.0 Å². The Morgan fingerprint density at radius 1 is 1.06 bits per heavy atom. The molecule has 0 bridgehead atoms. The van der Waals surface area contributed by atoms with Crippen molar-refractivity contribution >= 4 is 51.0 Å². The van der Waals surface area contributed by atoms with E-state index < -0.39 is 27.4 Å². The first kappa shape index (κ1) is 26.3. The molecule has 0 aliphatic rings. The smallest absolute Gasteiger partial charge is 0.269 e. The first-order chi connectivity index (χ1) is 16.6. The van der Waals surface area contributed by atoms with Crippen LogP contribution in [-0.2, 0) is 21.4 Å². The van der Waals surface area contributed by atoms with Crippen molar-refractivity contribution in [2.24, 2.45) is 5.10 Å². The molecule has 0 aliphatic heterocycles. The van der Waals surface area contributed by atoms with Crippen LogP contribution < -0.4 is 5.43 Å². The number of non-ortho nitro benzene ring substituents is 1. The molecule has 0 saturated heterocycles. The fourth-order valence-electron chi connectivity index (χ4n) is 3.00. The number of rotatable bonds is 9. The van der Waals surface area contributed by atoms with E-state index in [0.29, 0.717) is 11.1 Å². The van der Waals surface area contributed by atoms with Gasteiger partial charge in [0.05, 0.1) is 22.6 Å². The van der Waals surface area contributed by atoms with Crippen molar-refractivity contribution < 1.29 is 18.1 Å². The molecule has 9 nitrogen and oxygen atoms in total. The highest BCUT2D eigenvalue weighted by molar-refractivity contribution is 7.89. The van der Waals surface area contributed by atoms with Crippen molar-refractivity contribution in [1.29, 1.82) is 0 Å². The minimum atomic E-state index is -4.10. The largest absolute Gasteiger partial charge is 0.272 e. The summed E-state index contributed by atoms with van der Waals surface area (Å²) >= 11 is 12.5. The van der Waals surface area contributed by atoms with Crippen molar-refractivity contribution in [3.05, 3.63) is 104 Å². The first-order valence-corrected chi connectivity index (χ1v) is 12.3. The minimum absolute atomic E-state index is 0.00783. The van der Waals surface area contributed by atoms with Gasteiger partial charge in [-0.2, -0.15) is 9.41 Å². The maximum atomic E-state index is 13.4. The molecule has 35 heavy (non-hydrogen) atoms. The van der Waals surface area contributed by atoms with Gasteiger partial charge in [-0.25, -0.2) is 13.8 Å². The van der Waals surface area contributed by atoms with Gasteiger partial charge in [0, 0.05) is 34.3 Å². The minimum Gasteiger partial charge on any atom is -0.272 e. The number of halogens is 2. The number of nitrogens with one attached hydrogen (secondary N) is 1. The molecule has 182 valence electrons. The predicted octanol–water partition coefficient (Wildman–Crippen LogP) is 4.55. The summed E-state index contributed by atoms with van der Waals surface area (Å²) in [6.07, 6.45) is 1.28.